The van der Waals surface area contributed by atoms with Crippen LogP contribution >= 0.6 is 12.2 Å². The van der Waals surface area contributed by atoms with Crippen LogP contribution in [0.5, 0.6) is 11.5 Å². The number of ether oxygens (including phenoxy) is 2. The molecule has 2 aromatic carbocycles. The summed E-state index contributed by atoms with van der Waals surface area (Å²) in [7, 11) is 1.66. The Morgan fingerprint density at radius 3 is 2.24 bits per heavy atom. The van der Waals surface area contributed by atoms with Gasteiger partial charge in [0.2, 0.25) is 0 Å². The van der Waals surface area contributed by atoms with Crippen LogP contribution in [0.15, 0.2) is 48.5 Å². The van der Waals surface area contributed by atoms with Gasteiger partial charge in [0.05, 0.1) is 13.2 Å². The Hall–Kier alpha value is -2.45. The minimum absolute atomic E-state index is 0.109. The number of anilines is 1. The summed E-state index contributed by atoms with van der Waals surface area (Å²) in [4.78, 5) is 2.45. The highest BCUT2D eigenvalue weighted by Crippen LogP contribution is 2.26. The van der Waals surface area contributed by atoms with Crippen molar-refractivity contribution in [1.29, 1.82) is 0 Å². The van der Waals surface area contributed by atoms with Gasteiger partial charge < -0.3 is 20.1 Å². The van der Waals surface area contributed by atoms with Gasteiger partial charge in [-0.05, 0) is 80.1 Å². The molecule has 3 rings (SSSR count). The van der Waals surface area contributed by atoms with Gasteiger partial charge in [-0.25, -0.2) is 0 Å². The monoisotopic (exact) mass is 421 g/mol. The number of methoxy groups -OCH3 is 1. The number of benzene rings is 2. The van der Waals surface area contributed by atoms with Crippen molar-refractivity contribution in [2.24, 2.45) is 0 Å². The molecule has 29 heavy (non-hydrogen) atoms. The van der Waals surface area contributed by atoms with Crippen LogP contribution in [0.4, 0.5) is 14.5 Å². The molecular formula is C21H25F2N3O2S. The van der Waals surface area contributed by atoms with E-state index in [9.17, 15) is 8.78 Å². The quantitative estimate of drug-likeness (QED) is 0.616. The van der Waals surface area contributed by atoms with E-state index < -0.39 is 6.61 Å². The molecule has 156 valence electrons. The number of likely N-dealkylation sites (tertiary alicyclic amines) is 1. The first-order valence-electron chi connectivity index (χ1n) is 9.53. The molecule has 0 amide bonds. The third-order valence-electron chi connectivity index (χ3n) is 4.88. The van der Waals surface area contributed by atoms with Crippen molar-refractivity contribution in [1.82, 2.24) is 10.2 Å². The molecule has 5 nitrogen and oxygen atoms in total. The fourth-order valence-electron chi connectivity index (χ4n) is 3.42. The number of nitrogens with zero attached hydrogens (tertiary/aromatic N) is 1. The molecule has 0 aliphatic carbocycles. The summed E-state index contributed by atoms with van der Waals surface area (Å²) in [6, 6.07) is 14.5. The number of thiocarbonyl (C=S) groups is 1. The number of alkyl halides is 2. The second kappa shape index (κ2) is 10.4. The lowest BCUT2D eigenvalue weighted by atomic mass is 10.1. The Kier molecular flexibility index (Phi) is 7.60. The van der Waals surface area contributed by atoms with E-state index in [0.717, 1.165) is 18.8 Å². The summed E-state index contributed by atoms with van der Waals surface area (Å²) >= 11 is 5.41. The lowest BCUT2D eigenvalue weighted by Gasteiger charge is -2.29. The van der Waals surface area contributed by atoms with Crippen LogP contribution in [0.3, 0.4) is 0 Å². The highest BCUT2D eigenvalue weighted by Gasteiger charge is 2.23. The minimum atomic E-state index is -2.84. The highest BCUT2D eigenvalue weighted by atomic mass is 32.1. The maximum absolute atomic E-state index is 12.2. The Morgan fingerprint density at radius 2 is 1.66 bits per heavy atom. The fraction of sp³-hybridized carbons (Fsp3) is 0.381. The van der Waals surface area contributed by atoms with Crippen molar-refractivity contribution in [3.8, 4) is 11.5 Å². The van der Waals surface area contributed by atoms with Gasteiger partial charge in [0, 0.05) is 12.2 Å². The van der Waals surface area contributed by atoms with Gasteiger partial charge in [0.1, 0.15) is 11.5 Å². The van der Waals surface area contributed by atoms with E-state index in [1.165, 1.54) is 30.5 Å². The zero-order valence-corrected chi connectivity index (χ0v) is 17.1. The second-order valence-electron chi connectivity index (χ2n) is 6.77. The van der Waals surface area contributed by atoms with Crippen molar-refractivity contribution in [3.05, 3.63) is 54.1 Å². The molecule has 0 bridgehead atoms. The largest absolute Gasteiger partial charge is 0.497 e. The smallest absolute Gasteiger partial charge is 0.387 e. The lowest BCUT2D eigenvalue weighted by molar-refractivity contribution is -0.0498. The first-order chi connectivity index (χ1) is 14.0. The van der Waals surface area contributed by atoms with Crippen LogP contribution in [-0.4, -0.2) is 43.4 Å². The Bertz CT molecular complexity index is 782. The predicted molar refractivity (Wildman–Crippen MR) is 114 cm³/mol. The van der Waals surface area contributed by atoms with Gasteiger partial charge in [-0.15, -0.1) is 0 Å². The SMILES string of the molecule is COc1ccc(C(CNC(=S)Nc2ccc(OC(F)F)cc2)N2CCCC2)cc1. The molecular weight excluding hydrogens is 396 g/mol. The molecule has 1 heterocycles. The Balaban J connectivity index is 1.58. The van der Waals surface area contributed by atoms with Crippen LogP contribution < -0.4 is 20.1 Å². The maximum atomic E-state index is 12.2. The van der Waals surface area contributed by atoms with Crippen LogP contribution in [0.2, 0.25) is 0 Å². The molecule has 1 aliphatic heterocycles. The van der Waals surface area contributed by atoms with Gasteiger partial charge in [-0.3, -0.25) is 4.90 Å². The zero-order valence-electron chi connectivity index (χ0n) is 16.2. The Morgan fingerprint density at radius 1 is 1.03 bits per heavy atom. The number of hydrogen-bond donors (Lipinski definition) is 2. The van der Waals surface area contributed by atoms with Crippen molar-refractivity contribution >= 4 is 23.0 Å². The summed E-state index contributed by atoms with van der Waals surface area (Å²) in [5.74, 6) is 0.941. The third-order valence-corrected chi connectivity index (χ3v) is 5.12. The van der Waals surface area contributed by atoms with Crippen LogP contribution in [0, 0.1) is 0 Å². The van der Waals surface area contributed by atoms with E-state index >= 15 is 0 Å². The summed E-state index contributed by atoms with van der Waals surface area (Å²) in [6.45, 7) is -0.0592. The average Bonchev–Trinajstić information content (AvgIpc) is 3.24. The van der Waals surface area contributed by atoms with E-state index in [4.69, 9.17) is 17.0 Å². The summed E-state index contributed by atoms with van der Waals surface area (Å²) in [5.41, 5.74) is 1.91. The van der Waals surface area contributed by atoms with Crippen molar-refractivity contribution in [2.75, 3.05) is 32.1 Å². The first kappa shape index (κ1) is 21.3. The van der Waals surface area contributed by atoms with Crippen molar-refractivity contribution in [3.63, 3.8) is 0 Å². The topological polar surface area (TPSA) is 45.8 Å². The van der Waals surface area contributed by atoms with Crippen LogP contribution in [-0.2, 0) is 0 Å². The predicted octanol–water partition coefficient (Wildman–Crippen LogP) is 4.42. The molecule has 1 fully saturated rings. The van der Waals surface area contributed by atoms with E-state index in [2.05, 4.69) is 32.4 Å². The highest BCUT2D eigenvalue weighted by molar-refractivity contribution is 7.80. The fourth-order valence-corrected chi connectivity index (χ4v) is 3.62. The van der Waals surface area contributed by atoms with E-state index in [1.807, 2.05) is 12.1 Å². The zero-order chi connectivity index (χ0) is 20.6. The van der Waals surface area contributed by atoms with Crippen LogP contribution in [0.25, 0.3) is 0 Å². The second-order valence-corrected chi connectivity index (χ2v) is 7.18. The van der Waals surface area contributed by atoms with Gasteiger partial charge in [-0.2, -0.15) is 8.78 Å². The number of hydrogen-bond acceptors (Lipinski definition) is 4. The van der Waals surface area contributed by atoms with E-state index in [-0.39, 0.29) is 11.8 Å². The maximum Gasteiger partial charge on any atom is 0.387 e. The Labute approximate surface area is 175 Å². The van der Waals surface area contributed by atoms with E-state index in [0.29, 0.717) is 17.3 Å². The molecule has 0 aromatic heterocycles. The molecule has 1 aliphatic rings. The molecule has 2 N–H and O–H groups in total. The van der Waals surface area contributed by atoms with Gasteiger partial charge in [-0.1, -0.05) is 12.1 Å². The van der Waals surface area contributed by atoms with Crippen LogP contribution in [0.1, 0.15) is 24.4 Å². The molecule has 0 saturated carbocycles. The third kappa shape index (κ3) is 6.27. The van der Waals surface area contributed by atoms with Gasteiger partial charge in [0.15, 0.2) is 5.11 Å². The molecule has 1 atom stereocenters. The number of nitrogens with one attached hydrogen (secondary N) is 2. The number of halogens is 2. The first-order valence-corrected chi connectivity index (χ1v) is 9.93. The molecule has 0 radical (unpaired) electrons. The molecule has 1 unspecified atom stereocenters. The van der Waals surface area contributed by atoms with Crippen molar-refractivity contribution < 1.29 is 18.3 Å². The summed E-state index contributed by atoms with van der Waals surface area (Å²) < 4.78 is 34.1. The van der Waals surface area contributed by atoms with Gasteiger partial charge >= 0.3 is 6.61 Å². The summed E-state index contributed by atoms with van der Waals surface area (Å²) in [5, 5.41) is 6.83. The molecule has 2 aromatic rings. The summed E-state index contributed by atoms with van der Waals surface area (Å²) in [6.07, 6.45) is 2.39. The standard InChI is InChI=1S/C21H25F2N3O2S/c1-27-17-8-4-15(5-9-17)19(26-12-2-3-13-26)14-24-21(29)25-16-6-10-18(11-7-16)28-20(22)23/h4-11,19-20H,2-3,12-14H2,1H3,(H2,24,25,29). The van der Waals surface area contributed by atoms with E-state index in [1.54, 1.807) is 19.2 Å². The minimum Gasteiger partial charge on any atom is -0.497 e. The molecule has 0 spiro atoms. The average molecular weight is 422 g/mol. The van der Waals surface area contributed by atoms with Gasteiger partial charge in [0.25, 0.3) is 0 Å². The molecule has 8 heteroatoms. The van der Waals surface area contributed by atoms with Crippen molar-refractivity contribution in [2.45, 2.75) is 25.5 Å². The molecule has 1 saturated heterocycles. The normalized spacial score (nSPS) is 15.2. The lowest BCUT2D eigenvalue weighted by Crippen LogP contribution is -2.38. The number of rotatable bonds is 8.